The van der Waals surface area contributed by atoms with Crippen molar-refractivity contribution in [2.24, 2.45) is 5.92 Å². The molecular weight excluding hydrogens is 392 g/mol. The summed E-state index contributed by atoms with van der Waals surface area (Å²) in [6.07, 6.45) is 2.97. The predicted molar refractivity (Wildman–Crippen MR) is 118 cm³/mol. The Hall–Kier alpha value is -2.96. The van der Waals surface area contributed by atoms with Gasteiger partial charge in [-0.25, -0.2) is 4.98 Å². The number of aryl methyl sites for hydroxylation is 1. The molecule has 6 nitrogen and oxygen atoms in total. The Balaban J connectivity index is 1.37. The molecule has 162 valence electrons. The fourth-order valence-electron chi connectivity index (χ4n) is 3.85. The lowest BCUT2D eigenvalue weighted by Crippen LogP contribution is -2.22. The molecular formula is C25H28N2O4. The SMILES string of the molecule is Cc1cnc(O[C@@H]2C[C@H](COCc3ccccc3)[C@H](OCc3ccccc3)C2)[nH]c1=O. The van der Waals surface area contributed by atoms with Gasteiger partial charge in [-0.2, -0.15) is 0 Å². The Morgan fingerprint density at radius 1 is 0.968 bits per heavy atom. The predicted octanol–water partition coefficient (Wildman–Crippen LogP) is 4.04. The quantitative estimate of drug-likeness (QED) is 0.566. The number of nitrogens with one attached hydrogen (secondary N) is 1. The lowest BCUT2D eigenvalue weighted by atomic mass is 10.1. The van der Waals surface area contributed by atoms with Gasteiger partial charge < -0.3 is 14.2 Å². The Morgan fingerprint density at radius 2 is 1.65 bits per heavy atom. The third-order valence-electron chi connectivity index (χ3n) is 5.57. The fourth-order valence-corrected chi connectivity index (χ4v) is 3.85. The molecule has 0 unspecified atom stereocenters. The van der Waals surface area contributed by atoms with Crippen LogP contribution in [0.1, 0.15) is 29.5 Å². The van der Waals surface area contributed by atoms with Gasteiger partial charge in [0, 0.05) is 24.1 Å². The summed E-state index contributed by atoms with van der Waals surface area (Å²) >= 11 is 0. The van der Waals surface area contributed by atoms with Crippen molar-refractivity contribution in [2.45, 2.75) is 45.2 Å². The molecule has 31 heavy (non-hydrogen) atoms. The Labute approximate surface area is 182 Å². The van der Waals surface area contributed by atoms with Gasteiger partial charge in [-0.05, 0) is 24.5 Å². The highest BCUT2D eigenvalue weighted by molar-refractivity contribution is 5.14. The van der Waals surface area contributed by atoms with E-state index in [0.717, 1.165) is 24.0 Å². The Morgan fingerprint density at radius 3 is 2.32 bits per heavy atom. The van der Waals surface area contributed by atoms with E-state index < -0.39 is 0 Å². The summed E-state index contributed by atoms with van der Waals surface area (Å²) in [6.45, 7) is 3.43. The standard InChI is InChI=1S/C25H28N2O4/c1-18-14-26-25(27-24(18)28)31-22-12-21(17-29-15-19-8-4-2-5-9-19)23(13-22)30-16-20-10-6-3-7-11-20/h2-11,14,21-23H,12-13,15-17H2,1H3,(H,26,27,28)/t21-,22-,23-/m1/s1. The van der Waals surface area contributed by atoms with E-state index >= 15 is 0 Å². The number of benzene rings is 2. The molecule has 1 aliphatic rings. The maximum absolute atomic E-state index is 11.9. The van der Waals surface area contributed by atoms with Gasteiger partial charge in [0.2, 0.25) is 0 Å². The number of aromatic nitrogens is 2. The first kappa shape index (κ1) is 21.3. The topological polar surface area (TPSA) is 73.4 Å². The maximum Gasteiger partial charge on any atom is 0.296 e. The first-order valence-electron chi connectivity index (χ1n) is 10.7. The second-order valence-corrected chi connectivity index (χ2v) is 8.01. The van der Waals surface area contributed by atoms with Crippen molar-refractivity contribution in [3.05, 3.63) is 93.9 Å². The van der Waals surface area contributed by atoms with Crippen LogP contribution in [0.5, 0.6) is 6.01 Å². The molecule has 1 aromatic heterocycles. The Kier molecular flexibility index (Phi) is 7.12. The Bertz CT molecular complexity index is 1010. The molecule has 1 fully saturated rings. The smallest absolute Gasteiger partial charge is 0.296 e. The number of hydrogen-bond acceptors (Lipinski definition) is 5. The van der Waals surface area contributed by atoms with E-state index in [9.17, 15) is 4.79 Å². The van der Waals surface area contributed by atoms with Crippen LogP contribution in [0, 0.1) is 12.8 Å². The molecule has 3 atom stereocenters. The van der Waals surface area contributed by atoms with E-state index in [2.05, 4.69) is 34.2 Å². The van der Waals surface area contributed by atoms with Gasteiger partial charge in [0.05, 0.1) is 25.9 Å². The minimum Gasteiger partial charge on any atom is -0.461 e. The van der Waals surface area contributed by atoms with E-state index in [1.807, 2.05) is 36.4 Å². The number of hydrogen-bond donors (Lipinski definition) is 1. The highest BCUT2D eigenvalue weighted by Crippen LogP contribution is 2.32. The van der Waals surface area contributed by atoms with Crippen molar-refractivity contribution < 1.29 is 14.2 Å². The van der Waals surface area contributed by atoms with Crippen LogP contribution >= 0.6 is 0 Å². The molecule has 6 heteroatoms. The molecule has 0 bridgehead atoms. The molecule has 1 heterocycles. The van der Waals surface area contributed by atoms with E-state index in [1.165, 1.54) is 6.20 Å². The number of ether oxygens (including phenoxy) is 3. The maximum atomic E-state index is 11.9. The zero-order valence-electron chi connectivity index (χ0n) is 17.7. The molecule has 0 amide bonds. The van der Waals surface area contributed by atoms with Gasteiger partial charge in [-0.1, -0.05) is 60.7 Å². The summed E-state index contributed by atoms with van der Waals surface area (Å²) in [7, 11) is 0. The van der Waals surface area contributed by atoms with E-state index in [-0.39, 0.29) is 29.7 Å². The minimum absolute atomic E-state index is 0.0122. The third-order valence-corrected chi connectivity index (χ3v) is 5.57. The summed E-state index contributed by atoms with van der Waals surface area (Å²) in [5.41, 5.74) is 2.68. The van der Waals surface area contributed by atoms with Gasteiger partial charge in [0.1, 0.15) is 6.10 Å². The van der Waals surface area contributed by atoms with Crippen molar-refractivity contribution >= 4 is 0 Å². The number of nitrogens with zero attached hydrogens (tertiary/aromatic N) is 1. The minimum atomic E-state index is -0.178. The highest BCUT2D eigenvalue weighted by Gasteiger charge is 2.37. The second kappa shape index (κ2) is 10.4. The van der Waals surface area contributed by atoms with Crippen molar-refractivity contribution in [3.63, 3.8) is 0 Å². The summed E-state index contributed by atoms with van der Waals surface area (Å²) in [5.74, 6) is 0.203. The van der Waals surface area contributed by atoms with Gasteiger partial charge in [-0.3, -0.25) is 9.78 Å². The van der Waals surface area contributed by atoms with Crippen molar-refractivity contribution in [2.75, 3.05) is 6.61 Å². The summed E-state index contributed by atoms with van der Waals surface area (Å²) < 4.78 is 18.3. The van der Waals surface area contributed by atoms with Crippen molar-refractivity contribution in [3.8, 4) is 6.01 Å². The number of H-pyrrole nitrogens is 1. The third kappa shape index (κ3) is 6.03. The van der Waals surface area contributed by atoms with Crippen LogP contribution in [0.3, 0.4) is 0 Å². The highest BCUT2D eigenvalue weighted by atomic mass is 16.5. The van der Waals surface area contributed by atoms with Gasteiger partial charge >= 0.3 is 0 Å². The zero-order chi connectivity index (χ0) is 21.5. The summed E-state index contributed by atoms with van der Waals surface area (Å²) in [4.78, 5) is 18.7. The second-order valence-electron chi connectivity index (χ2n) is 8.01. The molecule has 0 aliphatic heterocycles. The first-order valence-corrected chi connectivity index (χ1v) is 10.7. The average Bonchev–Trinajstić information content (AvgIpc) is 3.17. The van der Waals surface area contributed by atoms with E-state index in [0.29, 0.717) is 25.4 Å². The first-order chi connectivity index (χ1) is 15.2. The fraction of sp³-hybridized carbons (Fsp3) is 0.360. The molecule has 0 radical (unpaired) electrons. The lowest BCUT2D eigenvalue weighted by molar-refractivity contribution is -0.0195. The average molecular weight is 421 g/mol. The van der Waals surface area contributed by atoms with Crippen LogP contribution in [-0.2, 0) is 22.7 Å². The molecule has 3 aromatic rings. The number of rotatable bonds is 9. The van der Waals surface area contributed by atoms with Crippen LogP contribution in [-0.4, -0.2) is 28.8 Å². The zero-order valence-corrected chi connectivity index (χ0v) is 17.7. The molecule has 2 aromatic carbocycles. The van der Waals surface area contributed by atoms with Gasteiger partial charge in [0.25, 0.3) is 11.6 Å². The van der Waals surface area contributed by atoms with Crippen LogP contribution in [0.25, 0.3) is 0 Å². The van der Waals surface area contributed by atoms with Gasteiger partial charge in [0.15, 0.2) is 0 Å². The van der Waals surface area contributed by atoms with Crippen LogP contribution < -0.4 is 10.3 Å². The molecule has 1 saturated carbocycles. The summed E-state index contributed by atoms with van der Waals surface area (Å²) in [6, 6.07) is 20.5. The van der Waals surface area contributed by atoms with E-state index in [1.54, 1.807) is 6.92 Å². The van der Waals surface area contributed by atoms with Crippen LogP contribution in [0.15, 0.2) is 71.7 Å². The largest absolute Gasteiger partial charge is 0.461 e. The normalized spacial score (nSPS) is 20.6. The summed E-state index contributed by atoms with van der Waals surface area (Å²) in [5, 5.41) is 0. The van der Waals surface area contributed by atoms with Crippen LogP contribution in [0.2, 0.25) is 0 Å². The monoisotopic (exact) mass is 420 g/mol. The number of aromatic amines is 1. The molecule has 4 rings (SSSR count). The van der Waals surface area contributed by atoms with Crippen molar-refractivity contribution in [1.29, 1.82) is 0 Å². The van der Waals surface area contributed by atoms with Crippen LogP contribution in [0.4, 0.5) is 0 Å². The van der Waals surface area contributed by atoms with Crippen molar-refractivity contribution in [1.82, 2.24) is 9.97 Å². The van der Waals surface area contributed by atoms with Gasteiger partial charge in [-0.15, -0.1) is 0 Å². The molecule has 0 spiro atoms. The van der Waals surface area contributed by atoms with E-state index in [4.69, 9.17) is 14.2 Å². The molecule has 1 aliphatic carbocycles. The molecule has 0 saturated heterocycles. The lowest BCUT2D eigenvalue weighted by Gasteiger charge is -2.20. The molecule has 1 N–H and O–H groups in total.